The molecule has 39 heavy (non-hydrogen) atoms. The maximum atomic E-state index is 13.2. The van der Waals surface area contributed by atoms with Crippen molar-refractivity contribution in [2.75, 3.05) is 41.5 Å². The highest BCUT2D eigenvalue weighted by Gasteiger charge is 2.39. The van der Waals surface area contributed by atoms with Gasteiger partial charge in [0.1, 0.15) is 23.4 Å². The number of carbonyl (C=O) groups excluding carboxylic acids is 1. The molecule has 1 aliphatic carbocycles. The average molecular weight is 535 g/mol. The Kier molecular flexibility index (Phi) is 7.63. The van der Waals surface area contributed by atoms with Crippen molar-refractivity contribution in [3.8, 4) is 39.9 Å². The van der Waals surface area contributed by atoms with E-state index in [9.17, 15) is 9.90 Å². The zero-order chi connectivity index (χ0) is 27.5. The van der Waals surface area contributed by atoms with E-state index < -0.39 is 12.1 Å². The van der Waals surface area contributed by atoms with Crippen molar-refractivity contribution in [1.29, 1.82) is 0 Å². The van der Waals surface area contributed by atoms with Gasteiger partial charge in [-0.05, 0) is 65.1 Å². The topological polar surface area (TPSA) is 102 Å². The maximum absolute atomic E-state index is 13.2. The van der Waals surface area contributed by atoms with Crippen molar-refractivity contribution in [2.24, 2.45) is 0 Å². The summed E-state index contributed by atoms with van der Waals surface area (Å²) in [6.45, 7) is 2.61. The summed E-state index contributed by atoms with van der Waals surface area (Å²) >= 11 is 0. The molecule has 0 aromatic heterocycles. The predicted molar refractivity (Wildman–Crippen MR) is 142 cm³/mol. The first-order valence-electron chi connectivity index (χ1n) is 12.5. The van der Waals surface area contributed by atoms with E-state index in [4.69, 9.17) is 33.2 Å². The Balaban J connectivity index is 1.80. The standard InChI is InChI=1S/C30H30O9/c1-5-10-36-19-12-21(17-6-9-23-25(11-17)39-16-38-23)26-22(13-19)29(31)28(30(32)35-4)27(26)20-8-7-18(34-3)14-24(20)37-15-33-2/h6-9,11-14,29,31H,5,10,15-16H2,1-4H3. The molecule has 3 aromatic rings. The van der Waals surface area contributed by atoms with Crippen LogP contribution < -0.4 is 23.7 Å². The quantitative estimate of drug-likeness (QED) is 0.288. The molecule has 0 amide bonds. The number of aliphatic hydroxyl groups excluding tert-OH is 1. The SMILES string of the molecule is CCCOc1cc(-c2ccc3c(c2)OCO3)c2c(c1)C(O)C(C(=O)OC)=C2c1ccc(OC)cc1OCOC. The van der Waals surface area contributed by atoms with E-state index in [0.717, 1.165) is 17.5 Å². The van der Waals surface area contributed by atoms with Crippen molar-refractivity contribution < 1.29 is 43.1 Å². The third-order valence-corrected chi connectivity index (χ3v) is 6.58. The number of esters is 1. The van der Waals surface area contributed by atoms with Crippen molar-refractivity contribution >= 4 is 11.5 Å². The zero-order valence-electron chi connectivity index (χ0n) is 22.2. The summed E-state index contributed by atoms with van der Waals surface area (Å²) in [6, 6.07) is 14.5. The van der Waals surface area contributed by atoms with Gasteiger partial charge < -0.3 is 38.3 Å². The number of ether oxygens (including phenoxy) is 7. The second-order valence-electron chi connectivity index (χ2n) is 8.95. The Bertz CT molecular complexity index is 1430. The highest BCUT2D eigenvalue weighted by Crippen LogP contribution is 2.52. The van der Waals surface area contributed by atoms with Crippen LogP contribution in [0.1, 0.15) is 36.1 Å². The summed E-state index contributed by atoms with van der Waals surface area (Å²) in [5.41, 5.74) is 3.83. The molecular formula is C30H30O9. The van der Waals surface area contributed by atoms with E-state index in [2.05, 4.69) is 0 Å². The lowest BCUT2D eigenvalue weighted by Crippen LogP contribution is -2.11. The van der Waals surface area contributed by atoms with Crippen molar-refractivity contribution in [3.05, 3.63) is 70.8 Å². The first-order valence-corrected chi connectivity index (χ1v) is 12.5. The van der Waals surface area contributed by atoms with Gasteiger partial charge in [-0.1, -0.05) is 13.0 Å². The molecule has 0 spiro atoms. The third-order valence-electron chi connectivity index (χ3n) is 6.58. The molecule has 1 aliphatic heterocycles. The van der Waals surface area contributed by atoms with Gasteiger partial charge in [-0.2, -0.15) is 0 Å². The number of rotatable bonds is 10. The number of methoxy groups -OCH3 is 3. The van der Waals surface area contributed by atoms with Gasteiger partial charge in [0.15, 0.2) is 18.3 Å². The fourth-order valence-corrected chi connectivity index (χ4v) is 4.83. The molecule has 1 atom stereocenters. The van der Waals surface area contributed by atoms with Gasteiger partial charge in [0.05, 0.1) is 26.4 Å². The summed E-state index contributed by atoms with van der Waals surface area (Å²) in [4.78, 5) is 13.2. The number of carbonyl (C=O) groups is 1. The molecule has 0 radical (unpaired) electrons. The van der Waals surface area contributed by atoms with E-state index >= 15 is 0 Å². The Hall–Kier alpha value is -4.21. The minimum Gasteiger partial charge on any atom is -0.497 e. The van der Waals surface area contributed by atoms with Crippen LogP contribution in [-0.4, -0.2) is 52.6 Å². The van der Waals surface area contributed by atoms with Crippen LogP contribution >= 0.6 is 0 Å². The lowest BCUT2D eigenvalue weighted by molar-refractivity contribution is -0.137. The number of aliphatic hydroxyl groups is 1. The highest BCUT2D eigenvalue weighted by molar-refractivity contribution is 6.09. The van der Waals surface area contributed by atoms with E-state index in [1.165, 1.54) is 14.2 Å². The fourth-order valence-electron chi connectivity index (χ4n) is 4.83. The Morgan fingerprint density at radius 3 is 2.51 bits per heavy atom. The van der Waals surface area contributed by atoms with Crippen LogP contribution in [0.3, 0.4) is 0 Å². The molecule has 2 aliphatic rings. The molecule has 1 N–H and O–H groups in total. The van der Waals surface area contributed by atoms with Crippen LogP contribution in [0.15, 0.2) is 54.1 Å². The van der Waals surface area contributed by atoms with E-state index in [0.29, 0.717) is 57.6 Å². The van der Waals surface area contributed by atoms with Crippen molar-refractivity contribution in [1.82, 2.24) is 0 Å². The second kappa shape index (κ2) is 11.3. The summed E-state index contributed by atoms with van der Waals surface area (Å²) < 4.78 is 38.7. The minimum absolute atomic E-state index is 0.0325. The molecule has 0 saturated heterocycles. The predicted octanol–water partition coefficient (Wildman–Crippen LogP) is 4.88. The molecule has 9 heteroatoms. The highest BCUT2D eigenvalue weighted by atomic mass is 16.7. The van der Waals surface area contributed by atoms with Crippen molar-refractivity contribution in [2.45, 2.75) is 19.4 Å². The monoisotopic (exact) mass is 534 g/mol. The molecule has 1 unspecified atom stereocenters. The second-order valence-corrected chi connectivity index (χ2v) is 8.95. The van der Waals surface area contributed by atoms with Gasteiger partial charge in [0.2, 0.25) is 6.79 Å². The summed E-state index contributed by atoms with van der Waals surface area (Å²) in [6.07, 6.45) is -0.458. The molecule has 0 saturated carbocycles. The lowest BCUT2D eigenvalue weighted by atomic mass is 9.89. The average Bonchev–Trinajstić information content (AvgIpc) is 3.55. The van der Waals surface area contributed by atoms with Crippen LogP contribution in [0.2, 0.25) is 0 Å². The molecule has 1 heterocycles. The Morgan fingerprint density at radius 1 is 0.949 bits per heavy atom. The van der Waals surface area contributed by atoms with Gasteiger partial charge in [-0.3, -0.25) is 0 Å². The summed E-state index contributed by atoms with van der Waals surface area (Å²) in [7, 11) is 4.36. The van der Waals surface area contributed by atoms with Gasteiger partial charge in [-0.15, -0.1) is 0 Å². The van der Waals surface area contributed by atoms with Crippen molar-refractivity contribution in [3.63, 3.8) is 0 Å². The zero-order valence-corrected chi connectivity index (χ0v) is 22.2. The third kappa shape index (κ3) is 4.86. The van der Waals surface area contributed by atoms with Gasteiger partial charge >= 0.3 is 5.97 Å². The molecule has 3 aromatic carbocycles. The molecule has 0 fully saturated rings. The first kappa shape index (κ1) is 26.4. The smallest absolute Gasteiger partial charge is 0.337 e. The molecule has 204 valence electrons. The lowest BCUT2D eigenvalue weighted by Gasteiger charge is -2.19. The summed E-state index contributed by atoms with van der Waals surface area (Å²) in [5.74, 6) is 2.13. The van der Waals surface area contributed by atoms with Gasteiger partial charge in [-0.25, -0.2) is 4.79 Å². The number of benzene rings is 3. The number of hydrogen-bond acceptors (Lipinski definition) is 9. The Labute approximate surface area is 226 Å². The molecule has 0 bridgehead atoms. The van der Waals surface area contributed by atoms with Crippen LogP contribution in [0.25, 0.3) is 16.7 Å². The molecular weight excluding hydrogens is 504 g/mol. The van der Waals surface area contributed by atoms with Crippen LogP contribution in [-0.2, 0) is 14.3 Å². The van der Waals surface area contributed by atoms with Gasteiger partial charge in [0.25, 0.3) is 0 Å². The van der Waals surface area contributed by atoms with Crippen LogP contribution in [0.4, 0.5) is 0 Å². The normalized spacial score (nSPS) is 15.3. The van der Waals surface area contributed by atoms with E-state index in [1.807, 2.05) is 31.2 Å². The number of fused-ring (bicyclic) bond motifs is 2. The largest absolute Gasteiger partial charge is 0.497 e. The molecule has 5 rings (SSSR count). The van der Waals surface area contributed by atoms with Crippen LogP contribution in [0, 0.1) is 0 Å². The van der Waals surface area contributed by atoms with E-state index in [-0.39, 0.29) is 19.2 Å². The maximum Gasteiger partial charge on any atom is 0.337 e. The minimum atomic E-state index is -1.27. The van der Waals surface area contributed by atoms with Crippen LogP contribution in [0.5, 0.6) is 28.7 Å². The summed E-state index contributed by atoms with van der Waals surface area (Å²) in [5, 5.41) is 11.6. The Morgan fingerprint density at radius 2 is 1.77 bits per heavy atom. The van der Waals surface area contributed by atoms with Gasteiger partial charge in [0, 0.05) is 24.3 Å². The number of hydrogen-bond donors (Lipinski definition) is 1. The van der Waals surface area contributed by atoms with E-state index in [1.54, 1.807) is 31.4 Å². The fraction of sp³-hybridized carbons (Fsp3) is 0.300. The first-order chi connectivity index (χ1) is 19.0. The molecule has 9 nitrogen and oxygen atoms in total.